The number of hydrogen-bond acceptors (Lipinski definition) is 5. The van der Waals surface area contributed by atoms with Crippen LogP contribution in [-0.4, -0.2) is 47.4 Å². The van der Waals surface area contributed by atoms with Gasteiger partial charge in [0.05, 0.1) is 25.4 Å². The molecule has 408 valence electrons. The zero-order valence-corrected chi connectivity index (χ0v) is 46.6. The van der Waals surface area contributed by atoms with Gasteiger partial charge in [-0.2, -0.15) is 0 Å². The highest BCUT2D eigenvalue weighted by Gasteiger charge is 2.20. The number of carbonyl (C=O) groups is 2. The van der Waals surface area contributed by atoms with Crippen LogP contribution in [-0.2, 0) is 14.3 Å². The second kappa shape index (κ2) is 58.9. The molecule has 0 heterocycles. The number of aliphatic hydroxyl groups is 2. The Kier molecular flexibility index (Phi) is 57.5. The molecular formula is C63H121NO5. The molecule has 0 fully saturated rings. The Bertz CT molecular complexity index is 1080. The SMILES string of the molecule is CCCC/C=C\CCCCCCCC(=O)OCCCCCCCCCCCCCC/C=C\CCCCCCCCCCCCCCCCCC(=O)NC(CO)C(O)CCCCCCCCCCCC. The average molecular weight is 973 g/mol. The second-order valence-corrected chi connectivity index (χ2v) is 21.4. The normalized spacial score (nSPS) is 12.7. The van der Waals surface area contributed by atoms with Gasteiger partial charge in [-0.15, -0.1) is 0 Å². The quantitative estimate of drug-likeness (QED) is 0.0321. The molecule has 1 amide bonds. The number of nitrogens with one attached hydrogen (secondary N) is 1. The summed E-state index contributed by atoms with van der Waals surface area (Å²) in [6, 6.07) is -0.537. The highest BCUT2D eigenvalue weighted by Crippen LogP contribution is 2.18. The first-order valence-corrected chi connectivity index (χ1v) is 31.1. The molecule has 0 radical (unpaired) electrons. The van der Waals surface area contributed by atoms with Gasteiger partial charge in [0.15, 0.2) is 0 Å². The van der Waals surface area contributed by atoms with Crippen molar-refractivity contribution in [3.8, 4) is 0 Å². The van der Waals surface area contributed by atoms with Gasteiger partial charge in [0.1, 0.15) is 0 Å². The summed E-state index contributed by atoms with van der Waals surface area (Å²) in [7, 11) is 0. The molecule has 2 atom stereocenters. The van der Waals surface area contributed by atoms with Gasteiger partial charge < -0.3 is 20.3 Å². The maximum Gasteiger partial charge on any atom is 0.305 e. The molecule has 0 aliphatic heterocycles. The third-order valence-electron chi connectivity index (χ3n) is 14.5. The molecule has 0 rings (SSSR count). The predicted molar refractivity (Wildman–Crippen MR) is 301 cm³/mol. The van der Waals surface area contributed by atoms with Gasteiger partial charge >= 0.3 is 5.97 Å². The molecule has 0 aromatic rings. The first-order valence-electron chi connectivity index (χ1n) is 31.1. The fraction of sp³-hybridized carbons (Fsp3) is 0.905. The number of amides is 1. The van der Waals surface area contributed by atoms with Gasteiger partial charge in [0.25, 0.3) is 0 Å². The lowest BCUT2D eigenvalue weighted by Gasteiger charge is -2.22. The van der Waals surface area contributed by atoms with Gasteiger partial charge in [-0.05, 0) is 70.6 Å². The van der Waals surface area contributed by atoms with Crippen molar-refractivity contribution in [1.82, 2.24) is 5.32 Å². The van der Waals surface area contributed by atoms with Crippen molar-refractivity contribution < 1.29 is 24.5 Å². The molecule has 0 saturated heterocycles. The van der Waals surface area contributed by atoms with Crippen molar-refractivity contribution >= 4 is 11.9 Å². The van der Waals surface area contributed by atoms with Crippen LogP contribution >= 0.6 is 0 Å². The summed E-state index contributed by atoms with van der Waals surface area (Å²) >= 11 is 0. The Morgan fingerprint density at radius 3 is 1.07 bits per heavy atom. The molecule has 6 heteroatoms. The molecule has 0 aromatic carbocycles. The summed E-state index contributed by atoms with van der Waals surface area (Å²) in [5, 5.41) is 23.2. The molecule has 6 nitrogen and oxygen atoms in total. The Balaban J connectivity index is 3.33. The number of allylic oxidation sites excluding steroid dienone is 4. The van der Waals surface area contributed by atoms with Crippen LogP contribution in [0.1, 0.15) is 341 Å². The van der Waals surface area contributed by atoms with E-state index in [0.717, 1.165) is 44.9 Å². The van der Waals surface area contributed by atoms with Crippen LogP contribution in [0.15, 0.2) is 24.3 Å². The first-order chi connectivity index (χ1) is 34.0. The number of esters is 1. The van der Waals surface area contributed by atoms with Gasteiger partial charge in [-0.3, -0.25) is 9.59 Å². The maximum absolute atomic E-state index is 12.4. The van der Waals surface area contributed by atoms with Gasteiger partial charge in [0.2, 0.25) is 5.91 Å². The van der Waals surface area contributed by atoms with Crippen molar-refractivity contribution in [3.05, 3.63) is 24.3 Å². The minimum atomic E-state index is -0.660. The van der Waals surface area contributed by atoms with Gasteiger partial charge in [-0.1, -0.05) is 282 Å². The zero-order valence-electron chi connectivity index (χ0n) is 46.6. The van der Waals surface area contributed by atoms with Gasteiger partial charge in [-0.25, -0.2) is 0 Å². The Morgan fingerprint density at radius 2 is 0.696 bits per heavy atom. The van der Waals surface area contributed by atoms with Crippen LogP contribution < -0.4 is 5.32 Å². The molecule has 69 heavy (non-hydrogen) atoms. The lowest BCUT2D eigenvalue weighted by Crippen LogP contribution is -2.45. The summed E-state index contributed by atoms with van der Waals surface area (Å²) in [6.45, 7) is 4.91. The second-order valence-electron chi connectivity index (χ2n) is 21.4. The molecule has 0 saturated carbocycles. The van der Waals surface area contributed by atoms with Crippen LogP contribution in [0, 0.1) is 0 Å². The number of unbranched alkanes of at least 4 members (excludes halogenated alkanes) is 43. The molecule has 0 spiro atoms. The van der Waals surface area contributed by atoms with E-state index in [-0.39, 0.29) is 18.5 Å². The van der Waals surface area contributed by atoms with Crippen LogP contribution in [0.5, 0.6) is 0 Å². The first kappa shape index (κ1) is 67.3. The fourth-order valence-electron chi connectivity index (χ4n) is 9.68. The monoisotopic (exact) mass is 972 g/mol. The molecule has 0 aliphatic rings. The third kappa shape index (κ3) is 55.5. The van der Waals surface area contributed by atoms with E-state index >= 15 is 0 Å². The largest absolute Gasteiger partial charge is 0.466 e. The van der Waals surface area contributed by atoms with E-state index in [1.54, 1.807) is 0 Å². The van der Waals surface area contributed by atoms with E-state index in [1.807, 2.05) is 0 Å². The number of ether oxygens (including phenoxy) is 1. The lowest BCUT2D eigenvalue weighted by molar-refractivity contribution is -0.143. The molecular weight excluding hydrogens is 851 g/mol. The van der Waals surface area contributed by atoms with Crippen LogP contribution in [0.3, 0.4) is 0 Å². The van der Waals surface area contributed by atoms with Crippen LogP contribution in [0.25, 0.3) is 0 Å². The smallest absolute Gasteiger partial charge is 0.305 e. The van der Waals surface area contributed by atoms with E-state index in [2.05, 4.69) is 43.5 Å². The van der Waals surface area contributed by atoms with Crippen molar-refractivity contribution in [2.24, 2.45) is 0 Å². The Morgan fingerprint density at radius 1 is 0.391 bits per heavy atom. The van der Waals surface area contributed by atoms with Crippen molar-refractivity contribution in [1.29, 1.82) is 0 Å². The summed E-state index contributed by atoms with van der Waals surface area (Å²) < 4.78 is 5.46. The minimum Gasteiger partial charge on any atom is -0.466 e. The molecule has 0 bridgehead atoms. The number of aliphatic hydroxyl groups excluding tert-OH is 2. The summed E-state index contributed by atoms with van der Waals surface area (Å²) in [5.74, 6) is -0.0269. The molecule has 0 aliphatic carbocycles. The Labute approximate surface area is 431 Å². The van der Waals surface area contributed by atoms with E-state index in [0.29, 0.717) is 25.9 Å². The van der Waals surface area contributed by atoms with E-state index in [4.69, 9.17) is 4.74 Å². The molecule has 3 N–H and O–H groups in total. The summed E-state index contributed by atoms with van der Waals surface area (Å²) in [6.07, 6.45) is 72.1. The van der Waals surface area contributed by atoms with Crippen molar-refractivity contribution in [2.45, 2.75) is 353 Å². The van der Waals surface area contributed by atoms with Crippen LogP contribution in [0.2, 0.25) is 0 Å². The number of hydrogen-bond donors (Lipinski definition) is 3. The van der Waals surface area contributed by atoms with Crippen molar-refractivity contribution in [2.75, 3.05) is 13.2 Å². The standard InChI is InChI=1S/C63H121NO5/c1-3-5-7-9-11-13-36-41-45-49-53-57-63(68)69-58-54-50-46-42-38-35-33-31-29-27-25-23-21-19-17-15-16-18-20-22-24-26-28-30-32-34-37-40-44-48-52-56-62(67)64-60(59-65)61(66)55-51-47-43-39-14-12-10-8-6-4-2/h9,11,17,19,60-61,65-66H,3-8,10,12-16,18,20-59H2,1-2H3,(H,64,67)/b11-9-,19-17-. The highest BCUT2D eigenvalue weighted by molar-refractivity contribution is 5.76. The number of rotatable bonds is 58. The van der Waals surface area contributed by atoms with Crippen LogP contribution in [0.4, 0.5) is 0 Å². The lowest BCUT2D eigenvalue weighted by atomic mass is 10.0. The Hall–Kier alpha value is -1.66. The van der Waals surface area contributed by atoms with E-state index in [9.17, 15) is 19.8 Å². The summed E-state index contributed by atoms with van der Waals surface area (Å²) in [4.78, 5) is 24.4. The molecule has 0 aromatic heterocycles. The third-order valence-corrected chi connectivity index (χ3v) is 14.5. The van der Waals surface area contributed by atoms with E-state index < -0.39 is 12.1 Å². The van der Waals surface area contributed by atoms with E-state index in [1.165, 1.54) is 263 Å². The molecule has 2 unspecified atom stereocenters. The highest BCUT2D eigenvalue weighted by atomic mass is 16.5. The minimum absolute atomic E-state index is 0.00656. The van der Waals surface area contributed by atoms with Gasteiger partial charge in [0, 0.05) is 12.8 Å². The van der Waals surface area contributed by atoms with Crippen molar-refractivity contribution in [3.63, 3.8) is 0 Å². The number of carbonyl (C=O) groups excluding carboxylic acids is 2. The topological polar surface area (TPSA) is 95.9 Å². The summed E-state index contributed by atoms with van der Waals surface area (Å²) in [5.41, 5.74) is 0. The zero-order chi connectivity index (χ0) is 50.0. The fourth-order valence-corrected chi connectivity index (χ4v) is 9.68. The average Bonchev–Trinajstić information content (AvgIpc) is 3.35. The predicted octanol–water partition coefficient (Wildman–Crippen LogP) is 19.4. The maximum atomic E-state index is 12.4.